The summed E-state index contributed by atoms with van der Waals surface area (Å²) in [5.41, 5.74) is 5.83. The predicted octanol–water partition coefficient (Wildman–Crippen LogP) is 3.61. The molecule has 0 fully saturated rings. The Kier molecular flexibility index (Phi) is 3.61. The number of para-hydroxylation sites is 1. The Labute approximate surface area is 123 Å². The van der Waals surface area contributed by atoms with Gasteiger partial charge in [0.25, 0.3) is 0 Å². The van der Waals surface area contributed by atoms with Crippen molar-refractivity contribution < 1.29 is 0 Å². The second-order valence-electron chi connectivity index (χ2n) is 4.20. The van der Waals surface area contributed by atoms with Gasteiger partial charge in [0.1, 0.15) is 0 Å². The smallest absolute Gasteiger partial charge is 0.0901 e. The van der Waals surface area contributed by atoms with E-state index in [1.807, 2.05) is 29.6 Å². The maximum absolute atomic E-state index is 5.70. The Morgan fingerprint density at radius 1 is 1.26 bits per heavy atom. The molecule has 1 unspecified atom stereocenters. The highest BCUT2D eigenvalue weighted by Crippen LogP contribution is 2.30. The highest BCUT2D eigenvalue weighted by molar-refractivity contribution is 9.10. The van der Waals surface area contributed by atoms with Crippen LogP contribution in [0, 0.1) is 0 Å². The summed E-state index contributed by atoms with van der Waals surface area (Å²) in [7, 11) is 0. The van der Waals surface area contributed by atoms with Gasteiger partial charge in [-0.25, -0.2) is 10.4 Å². The molecule has 2 heterocycles. The fourth-order valence-electron chi connectivity index (χ4n) is 2.08. The maximum atomic E-state index is 5.70. The van der Waals surface area contributed by atoms with E-state index in [2.05, 4.69) is 38.9 Å². The van der Waals surface area contributed by atoms with E-state index >= 15 is 0 Å². The van der Waals surface area contributed by atoms with Crippen LogP contribution in [-0.4, -0.2) is 4.98 Å². The van der Waals surface area contributed by atoms with Gasteiger partial charge in [0.05, 0.1) is 17.3 Å². The molecule has 3 nitrogen and oxygen atoms in total. The lowest BCUT2D eigenvalue weighted by atomic mass is 10.1. The SMILES string of the molecule is NNC(c1ccsc1)c1nc2ccccc2cc1Br. The molecule has 2 aromatic heterocycles. The predicted molar refractivity (Wildman–Crippen MR) is 82.9 cm³/mol. The summed E-state index contributed by atoms with van der Waals surface area (Å²) < 4.78 is 0.959. The van der Waals surface area contributed by atoms with Crippen molar-refractivity contribution in [1.29, 1.82) is 0 Å². The molecule has 0 aliphatic carbocycles. The molecule has 0 spiro atoms. The van der Waals surface area contributed by atoms with Crippen molar-refractivity contribution in [3.63, 3.8) is 0 Å². The van der Waals surface area contributed by atoms with Gasteiger partial charge in [0.2, 0.25) is 0 Å². The van der Waals surface area contributed by atoms with Crippen LogP contribution in [0.1, 0.15) is 17.3 Å². The Morgan fingerprint density at radius 2 is 2.11 bits per heavy atom. The van der Waals surface area contributed by atoms with E-state index in [1.165, 1.54) is 0 Å². The minimum absolute atomic E-state index is 0.106. The van der Waals surface area contributed by atoms with Crippen molar-refractivity contribution in [1.82, 2.24) is 10.4 Å². The van der Waals surface area contributed by atoms with E-state index in [0.29, 0.717) is 0 Å². The number of rotatable bonds is 3. The van der Waals surface area contributed by atoms with E-state index in [-0.39, 0.29) is 6.04 Å². The number of halogens is 1. The number of benzene rings is 1. The van der Waals surface area contributed by atoms with Crippen molar-refractivity contribution in [3.8, 4) is 0 Å². The van der Waals surface area contributed by atoms with E-state index < -0.39 is 0 Å². The van der Waals surface area contributed by atoms with Gasteiger partial charge < -0.3 is 0 Å². The Morgan fingerprint density at radius 3 is 2.84 bits per heavy atom. The lowest BCUT2D eigenvalue weighted by Crippen LogP contribution is -2.29. The lowest BCUT2D eigenvalue weighted by Gasteiger charge is -2.16. The summed E-state index contributed by atoms with van der Waals surface area (Å²) in [5, 5.41) is 5.22. The van der Waals surface area contributed by atoms with E-state index in [0.717, 1.165) is 26.6 Å². The fraction of sp³-hybridized carbons (Fsp3) is 0.0714. The molecular weight excluding hydrogens is 322 g/mol. The number of hydrogen-bond acceptors (Lipinski definition) is 4. The zero-order valence-electron chi connectivity index (χ0n) is 10.0. The highest BCUT2D eigenvalue weighted by Gasteiger charge is 2.18. The number of nitrogens with two attached hydrogens (primary N) is 1. The molecule has 0 aliphatic heterocycles. The summed E-state index contributed by atoms with van der Waals surface area (Å²) >= 11 is 5.24. The summed E-state index contributed by atoms with van der Waals surface area (Å²) in [5.74, 6) is 5.70. The van der Waals surface area contributed by atoms with Crippen molar-refractivity contribution in [2.75, 3.05) is 0 Å². The molecule has 0 amide bonds. The summed E-state index contributed by atoms with van der Waals surface area (Å²) in [6.07, 6.45) is 0. The molecule has 1 aromatic carbocycles. The second kappa shape index (κ2) is 5.38. The monoisotopic (exact) mass is 333 g/mol. The number of fused-ring (bicyclic) bond motifs is 1. The molecule has 0 radical (unpaired) electrons. The van der Waals surface area contributed by atoms with Gasteiger partial charge in [-0.3, -0.25) is 5.84 Å². The zero-order valence-corrected chi connectivity index (χ0v) is 12.4. The maximum Gasteiger partial charge on any atom is 0.0901 e. The van der Waals surface area contributed by atoms with Gasteiger partial charge in [-0.15, -0.1) is 0 Å². The largest absolute Gasteiger partial charge is 0.271 e. The topological polar surface area (TPSA) is 50.9 Å². The zero-order chi connectivity index (χ0) is 13.2. The summed E-state index contributed by atoms with van der Waals surface area (Å²) in [6, 6.07) is 12.1. The minimum Gasteiger partial charge on any atom is -0.271 e. The standard InChI is InChI=1S/C14H12BrN3S/c15-11-7-9-3-1-2-4-12(9)17-14(11)13(18-16)10-5-6-19-8-10/h1-8,13,18H,16H2. The molecule has 0 saturated heterocycles. The Bertz CT molecular complexity index is 697. The second-order valence-corrected chi connectivity index (χ2v) is 5.84. The number of nitrogens with one attached hydrogen (secondary N) is 1. The van der Waals surface area contributed by atoms with Crippen LogP contribution in [-0.2, 0) is 0 Å². The van der Waals surface area contributed by atoms with Crippen molar-refractivity contribution >= 4 is 38.2 Å². The Balaban J connectivity index is 2.15. The van der Waals surface area contributed by atoms with Crippen LogP contribution in [0.25, 0.3) is 10.9 Å². The molecule has 3 rings (SSSR count). The van der Waals surface area contributed by atoms with Gasteiger partial charge in [-0.05, 0) is 50.5 Å². The average Bonchev–Trinajstić information content (AvgIpc) is 2.94. The van der Waals surface area contributed by atoms with Crippen LogP contribution in [0.5, 0.6) is 0 Å². The Hall–Kier alpha value is -1.27. The van der Waals surface area contributed by atoms with Crippen LogP contribution < -0.4 is 11.3 Å². The molecular formula is C14H12BrN3S. The molecule has 3 N–H and O–H groups in total. The normalized spacial score (nSPS) is 12.7. The third kappa shape index (κ3) is 2.42. The fourth-order valence-corrected chi connectivity index (χ4v) is 3.33. The average molecular weight is 334 g/mol. The van der Waals surface area contributed by atoms with Gasteiger partial charge in [-0.2, -0.15) is 11.3 Å². The molecule has 5 heteroatoms. The first-order valence-electron chi connectivity index (χ1n) is 5.83. The third-order valence-corrected chi connectivity index (χ3v) is 4.36. The number of nitrogens with zero attached hydrogens (tertiary/aromatic N) is 1. The lowest BCUT2D eigenvalue weighted by molar-refractivity contribution is 0.622. The molecule has 1 atom stereocenters. The first-order valence-corrected chi connectivity index (χ1v) is 7.56. The molecule has 96 valence electrons. The number of hydrazine groups is 1. The number of thiophene rings is 1. The first-order chi connectivity index (χ1) is 9.29. The molecule has 0 bridgehead atoms. The van der Waals surface area contributed by atoms with Crippen molar-refractivity contribution in [2.45, 2.75) is 6.04 Å². The number of hydrogen-bond donors (Lipinski definition) is 2. The van der Waals surface area contributed by atoms with Crippen LogP contribution in [0.2, 0.25) is 0 Å². The molecule has 0 aliphatic rings. The van der Waals surface area contributed by atoms with Gasteiger partial charge >= 0.3 is 0 Å². The van der Waals surface area contributed by atoms with Gasteiger partial charge in [0.15, 0.2) is 0 Å². The van der Waals surface area contributed by atoms with Crippen molar-refractivity contribution in [2.24, 2.45) is 5.84 Å². The summed E-state index contributed by atoms with van der Waals surface area (Å²) in [6.45, 7) is 0. The minimum atomic E-state index is -0.106. The van der Waals surface area contributed by atoms with E-state index in [1.54, 1.807) is 11.3 Å². The third-order valence-electron chi connectivity index (χ3n) is 3.02. The molecule has 0 saturated carbocycles. The van der Waals surface area contributed by atoms with Gasteiger partial charge in [-0.1, -0.05) is 18.2 Å². The van der Waals surface area contributed by atoms with E-state index in [9.17, 15) is 0 Å². The summed E-state index contributed by atoms with van der Waals surface area (Å²) in [4.78, 5) is 4.72. The van der Waals surface area contributed by atoms with Crippen LogP contribution >= 0.6 is 27.3 Å². The quantitative estimate of drug-likeness (QED) is 0.568. The first kappa shape index (κ1) is 12.7. The van der Waals surface area contributed by atoms with Crippen LogP contribution in [0.15, 0.2) is 51.6 Å². The molecule has 19 heavy (non-hydrogen) atoms. The molecule has 3 aromatic rings. The van der Waals surface area contributed by atoms with E-state index in [4.69, 9.17) is 10.8 Å². The van der Waals surface area contributed by atoms with Crippen molar-refractivity contribution in [3.05, 3.63) is 62.9 Å². The van der Waals surface area contributed by atoms with Crippen LogP contribution in [0.3, 0.4) is 0 Å². The van der Waals surface area contributed by atoms with Gasteiger partial charge in [0, 0.05) is 9.86 Å². The number of pyridine rings is 1. The van der Waals surface area contributed by atoms with Crippen LogP contribution in [0.4, 0.5) is 0 Å². The number of aromatic nitrogens is 1. The highest BCUT2D eigenvalue weighted by atomic mass is 79.9.